The number of hydrogen-bond donors (Lipinski definition) is 0. The molecule has 1 atom stereocenters. The van der Waals surface area contributed by atoms with Gasteiger partial charge in [-0.15, -0.1) is 0 Å². The Bertz CT molecular complexity index is 563. The van der Waals surface area contributed by atoms with Gasteiger partial charge >= 0.3 is 0 Å². The van der Waals surface area contributed by atoms with Gasteiger partial charge in [0.15, 0.2) is 0 Å². The van der Waals surface area contributed by atoms with E-state index in [1.54, 1.807) is 7.11 Å². The van der Waals surface area contributed by atoms with Gasteiger partial charge in [0.1, 0.15) is 5.75 Å². The van der Waals surface area contributed by atoms with E-state index in [1.165, 1.54) is 22.3 Å². The van der Waals surface area contributed by atoms with Gasteiger partial charge in [-0.3, -0.25) is 0 Å². The molecule has 0 aromatic heterocycles. The van der Waals surface area contributed by atoms with Gasteiger partial charge in [-0.25, -0.2) is 0 Å². The van der Waals surface area contributed by atoms with Crippen LogP contribution in [0.3, 0.4) is 0 Å². The minimum atomic E-state index is 0.268. The van der Waals surface area contributed by atoms with Crippen molar-refractivity contribution in [2.24, 2.45) is 0 Å². The Morgan fingerprint density at radius 1 is 1.05 bits per heavy atom. The zero-order valence-corrected chi connectivity index (χ0v) is 13.2. The second kappa shape index (κ2) is 6.25. The van der Waals surface area contributed by atoms with Gasteiger partial charge in [0.2, 0.25) is 0 Å². The number of benzene rings is 2. The summed E-state index contributed by atoms with van der Waals surface area (Å²) in [6, 6.07) is 14.9. The molecule has 0 bridgehead atoms. The predicted octanol–water partition coefficient (Wildman–Crippen LogP) is 4.99. The van der Waals surface area contributed by atoms with Gasteiger partial charge in [0.05, 0.1) is 7.11 Å². The molecule has 0 aliphatic rings. The van der Waals surface area contributed by atoms with E-state index in [9.17, 15) is 0 Å². The first-order chi connectivity index (χ1) is 9.10. The van der Waals surface area contributed by atoms with Crippen molar-refractivity contribution in [3.8, 4) is 5.75 Å². The molecule has 0 saturated heterocycles. The summed E-state index contributed by atoms with van der Waals surface area (Å²) in [6.07, 6.45) is 0.960. The Morgan fingerprint density at radius 3 is 2.47 bits per heavy atom. The van der Waals surface area contributed by atoms with E-state index in [1.807, 2.05) is 6.07 Å². The lowest BCUT2D eigenvalue weighted by Gasteiger charge is -2.15. The first-order valence-corrected chi connectivity index (χ1v) is 7.36. The average molecular weight is 319 g/mol. The summed E-state index contributed by atoms with van der Waals surface area (Å²) in [4.78, 5) is 0.268. The quantitative estimate of drug-likeness (QED) is 0.721. The number of hydrogen-bond acceptors (Lipinski definition) is 1. The fourth-order valence-corrected chi connectivity index (χ4v) is 2.99. The van der Waals surface area contributed by atoms with Crippen molar-refractivity contribution in [2.75, 3.05) is 7.11 Å². The van der Waals surface area contributed by atoms with Crippen molar-refractivity contribution in [1.82, 2.24) is 0 Å². The van der Waals surface area contributed by atoms with Gasteiger partial charge in [-0.2, -0.15) is 0 Å². The maximum atomic E-state index is 5.45. The lowest BCUT2D eigenvalue weighted by molar-refractivity contribution is 0.409. The van der Waals surface area contributed by atoms with Crippen molar-refractivity contribution in [3.63, 3.8) is 0 Å². The summed E-state index contributed by atoms with van der Waals surface area (Å²) in [7, 11) is 1.72. The number of halogens is 1. The second-order valence-corrected chi connectivity index (χ2v) is 6.01. The number of rotatable bonds is 4. The van der Waals surface area contributed by atoms with Crippen LogP contribution in [0, 0.1) is 13.8 Å². The molecular weight excluding hydrogens is 300 g/mol. The number of alkyl halides is 1. The topological polar surface area (TPSA) is 9.23 Å². The molecule has 0 fully saturated rings. The van der Waals surface area contributed by atoms with Crippen LogP contribution >= 0.6 is 15.9 Å². The molecule has 1 nitrogen and oxygen atoms in total. The van der Waals surface area contributed by atoms with Gasteiger partial charge in [-0.1, -0.05) is 63.5 Å². The van der Waals surface area contributed by atoms with Crippen molar-refractivity contribution in [2.45, 2.75) is 25.1 Å². The zero-order chi connectivity index (χ0) is 13.8. The molecule has 100 valence electrons. The van der Waals surface area contributed by atoms with Gasteiger partial charge < -0.3 is 4.74 Å². The number of ether oxygens (including phenoxy) is 1. The zero-order valence-electron chi connectivity index (χ0n) is 11.6. The summed E-state index contributed by atoms with van der Waals surface area (Å²) >= 11 is 3.79. The smallest absolute Gasteiger partial charge is 0.123 e. The van der Waals surface area contributed by atoms with E-state index in [2.05, 4.69) is 66.2 Å². The standard InChI is InChI=1S/C17H19BrO/c1-12-5-4-6-14(9-12)11-16(18)15-10-13(2)7-8-17(15)19-3/h4-10,16H,11H2,1-3H3. The van der Waals surface area contributed by atoms with Crippen LogP contribution in [0.5, 0.6) is 5.75 Å². The van der Waals surface area contributed by atoms with Crippen LogP contribution in [0.4, 0.5) is 0 Å². The molecule has 2 heteroatoms. The highest BCUT2D eigenvalue weighted by atomic mass is 79.9. The van der Waals surface area contributed by atoms with E-state index in [4.69, 9.17) is 4.74 Å². The van der Waals surface area contributed by atoms with Crippen LogP contribution in [0.25, 0.3) is 0 Å². The summed E-state index contributed by atoms with van der Waals surface area (Å²) in [5.41, 5.74) is 5.10. The fraction of sp³-hybridized carbons (Fsp3) is 0.294. The number of methoxy groups -OCH3 is 1. The minimum absolute atomic E-state index is 0.268. The third kappa shape index (κ3) is 3.60. The molecule has 1 unspecified atom stereocenters. The molecule has 0 radical (unpaired) electrons. The molecule has 2 aromatic rings. The monoisotopic (exact) mass is 318 g/mol. The van der Waals surface area contributed by atoms with Crippen LogP contribution < -0.4 is 4.74 Å². The Kier molecular flexibility index (Phi) is 4.65. The van der Waals surface area contributed by atoms with E-state index in [-0.39, 0.29) is 4.83 Å². The van der Waals surface area contributed by atoms with Crippen molar-refractivity contribution in [1.29, 1.82) is 0 Å². The lowest BCUT2D eigenvalue weighted by Crippen LogP contribution is -1.99. The Hall–Kier alpha value is -1.28. The lowest BCUT2D eigenvalue weighted by atomic mass is 10.0. The first-order valence-electron chi connectivity index (χ1n) is 6.44. The van der Waals surface area contributed by atoms with E-state index in [0.29, 0.717) is 0 Å². The van der Waals surface area contributed by atoms with E-state index < -0.39 is 0 Å². The Balaban J connectivity index is 2.24. The predicted molar refractivity (Wildman–Crippen MR) is 84.3 cm³/mol. The summed E-state index contributed by atoms with van der Waals surface area (Å²) < 4.78 is 5.45. The molecule has 2 rings (SSSR count). The third-order valence-corrected chi connectivity index (χ3v) is 4.04. The van der Waals surface area contributed by atoms with Crippen LogP contribution in [-0.2, 0) is 6.42 Å². The van der Waals surface area contributed by atoms with Gasteiger partial charge in [-0.05, 0) is 31.9 Å². The Labute approximate surface area is 123 Å². The first kappa shape index (κ1) is 14.1. The molecule has 0 spiro atoms. The van der Waals surface area contributed by atoms with Crippen molar-refractivity contribution < 1.29 is 4.74 Å². The third-order valence-electron chi connectivity index (χ3n) is 3.22. The van der Waals surface area contributed by atoms with Crippen LogP contribution in [0.15, 0.2) is 42.5 Å². The molecule has 0 amide bonds. The van der Waals surface area contributed by atoms with Gasteiger partial charge in [0.25, 0.3) is 0 Å². The maximum Gasteiger partial charge on any atom is 0.123 e. The SMILES string of the molecule is COc1ccc(C)cc1C(Br)Cc1cccc(C)c1. The molecule has 0 saturated carbocycles. The molecular formula is C17H19BrO. The molecule has 19 heavy (non-hydrogen) atoms. The van der Waals surface area contributed by atoms with Crippen LogP contribution in [0.2, 0.25) is 0 Å². The highest BCUT2D eigenvalue weighted by Gasteiger charge is 2.14. The largest absolute Gasteiger partial charge is 0.496 e. The molecule has 2 aromatic carbocycles. The van der Waals surface area contributed by atoms with Crippen molar-refractivity contribution in [3.05, 3.63) is 64.7 Å². The normalized spacial score (nSPS) is 12.2. The van der Waals surface area contributed by atoms with E-state index in [0.717, 1.165) is 12.2 Å². The van der Waals surface area contributed by atoms with E-state index >= 15 is 0 Å². The van der Waals surface area contributed by atoms with Crippen LogP contribution in [-0.4, -0.2) is 7.11 Å². The minimum Gasteiger partial charge on any atom is -0.496 e. The second-order valence-electron chi connectivity index (χ2n) is 4.91. The average Bonchev–Trinajstić information content (AvgIpc) is 2.38. The highest BCUT2D eigenvalue weighted by molar-refractivity contribution is 9.09. The Morgan fingerprint density at radius 2 is 1.79 bits per heavy atom. The number of aryl methyl sites for hydroxylation is 2. The molecule has 0 N–H and O–H groups in total. The van der Waals surface area contributed by atoms with Crippen molar-refractivity contribution >= 4 is 15.9 Å². The summed E-state index contributed by atoms with van der Waals surface area (Å²) in [5, 5.41) is 0. The van der Waals surface area contributed by atoms with Gasteiger partial charge in [0, 0.05) is 10.4 Å². The fourth-order valence-electron chi connectivity index (χ4n) is 2.25. The van der Waals surface area contributed by atoms with Crippen LogP contribution in [0.1, 0.15) is 27.1 Å². The molecule has 0 aliphatic carbocycles. The molecule has 0 heterocycles. The summed E-state index contributed by atoms with van der Waals surface area (Å²) in [6.45, 7) is 4.23. The molecule has 0 aliphatic heterocycles. The highest BCUT2D eigenvalue weighted by Crippen LogP contribution is 2.34. The maximum absolute atomic E-state index is 5.45. The summed E-state index contributed by atoms with van der Waals surface area (Å²) in [5.74, 6) is 0.945.